The molecule has 0 radical (unpaired) electrons. The van der Waals surface area contributed by atoms with Gasteiger partial charge in [0.25, 0.3) is 0 Å². The van der Waals surface area contributed by atoms with Crippen LogP contribution in [0.25, 0.3) is 0 Å². The number of allylic oxidation sites excluding steroid dienone is 2. The van der Waals surface area contributed by atoms with Crippen molar-refractivity contribution >= 4 is 11.4 Å². The van der Waals surface area contributed by atoms with Gasteiger partial charge in [-0.2, -0.15) is 13.2 Å². The molecule has 0 aliphatic rings. The third-order valence-corrected chi connectivity index (χ3v) is 3.48. The highest BCUT2D eigenvalue weighted by molar-refractivity contribution is 6.09. The lowest BCUT2D eigenvalue weighted by molar-refractivity contribution is -0.0925. The molecule has 0 amide bonds. The van der Waals surface area contributed by atoms with Gasteiger partial charge in [0, 0.05) is 24.8 Å². The molecule has 0 bridgehead atoms. The number of hydrogen-bond acceptors (Lipinski definition) is 3. The van der Waals surface area contributed by atoms with Crippen LogP contribution in [0.3, 0.4) is 0 Å². The van der Waals surface area contributed by atoms with Crippen molar-refractivity contribution in [2.24, 2.45) is 10.7 Å². The largest absolute Gasteiger partial charge is 0.430 e. The molecule has 25 heavy (non-hydrogen) atoms. The third kappa shape index (κ3) is 5.07. The van der Waals surface area contributed by atoms with Gasteiger partial charge in [0.2, 0.25) is 0 Å². The van der Waals surface area contributed by atoms with Gasteiger partial charge in [-0.25, -0.2) is 4.39 Å². The summed E-state index contributed by atoms with van der Waals surface area (Å²) in [6.07, 6.45) is -3.81. The van der Waals surface area contributed by atoms with E-state index < -0.39 is 11.9 Å². The molecular formula is C18H17F4N3. The summed E-state index contributed by atoms with van der Waals surface area (Å²) in [6.45, 7) is 0.293. The predicted molar refractivity (Wildman–Crippen MR) is 91.0 cm³/mol. The van der Waals surface area contributed by atoms with Gasteiger partial charge in [-0.05, 0) is 29.8 Å². The van der Waals surface area contributed by atoms with Gasteiger partial charge < -0.3 is 11.1 Å². The van der Waals surface area contributed by atoms with Crippen LogP contribution in [0, 0.1) is 5.82 Å². The summed E-state index contributed by atoms with van der Waals surface area (Å²) >= 11 is 0. The van der Waals surface area contributed by atoms with Crippen LogP contribution >= 0.6 is 0 Å². The van der Waals surface area contributed by atoms with Crippen molar-refractivity contribution in [2.45, 2.75) is 12.7 Å². The number of benzene rings is 2. The topological polar surface area (TPSA) is 50.4 Å². The van der Waals surface area contributed by atoms with Gasteiger partial charge in [-0.3, -0.25) is 4.99 Å². The summed E-state index contributed by atoms with van der Waals surface area (Å²) < 4.78 is 51.2. The number of hydrogen-bond donors (Lipinski definition) is 2. The molecule has 0 heterocycles. The number of nitrogens with two attached hydrogens (primary N) is 1. The predicted octanol–water partition coefficient (Wildman–Crippen LogP) is 4.26. The number of halogens is 4. The zero-order valence-corrected chi connectivity index (χ0v) is 13.4. The zero-order valence-electron chi connectivity index (χ0n) is 13.4. The molecule has 7 heteroatoms. The molecule has 3 N–H and O–H groups in total. The van der Waals surface area contributed by atoms with Crippen LogP contribution in [0.4, 0.5) is 23.2 Å². The van der Waals surface area contributed by atoms with Crippen LogP contribution in [-0.4, -0.2) is 18.9 Å². The lowest BCUT2D eigenvalue weighted by Crippen LogP contribution is -2.20. The molecule has 0 fully saturated rings. The average Bonchev–Trinajstić information content (AvgIpc) is 2.58. The smallest absolute Gasteiger partial charge is 0.395 e. The second kappa shape index (κ2) is 7.83. The first-order valence-corrected chi connectivity index (χ1v) is 7.40. The highest BCUT2D eigenvalue weighted by atomic mass is 19.4. The first kappa shape index (κ1) is 18.5. The summed E-state index contributed by atoms with van der Waals surface area (Å²) in [5, 5.41) is 3.05. The van der Waals surface area contributed by atoms with Crippen LogP contribution in [0.5, 0.6) is 0 Å². The first-order valence-electron chi connectivity index (χ1n) is 7.40. The molecule has 2 aromatic rings. The Kier molecular flexibility index (Phi) is 5.80. The minimum Gasteiger partial charge on any atom is -0.395 e. The molecular weight excluding hydrogens is 334 g/mol. The number of rotatable bonds is 5. The van der Waals surface area contributed by atoms with Crippen molar-refractivity contribution < 1.29 is 17.6 Å². The summed E-state index contributed by atoms with van der Waals surface area (Å²) in [5.41, 5.74) is 5.65. The van der Waals surface area contributed by atoms with E-state index in [9.17, 15) is 17.6 Å². The van der Waals surface area contributed by atoms with E-state index >= 15 is 0 Å². The number of alkyl halides is 3. The first-order chi connectivity index (χ1) is 11.8. The van der Waals surface area contributed by atoms with Crippen LogP contribution in [0.2, 0.25) is 0 Å². The van der Waals surface area contributed by atoms with E-state index in [0.29, 0.717) is 23.4 Å². The second-order valence-corrected chi connectivity index (χ2v) is 5.23. The Labute approximate surface area is 142 Å². The molecule has 3 nitrogen and oxygen atoms in total. The molecule has 0 saturated heterocycles. The Bertz CT molecular complexity index is 778. The second-order valence-electron chi connectivity index (χ2n) is 5.23. The Morgan fingerprint density at radius 3 is 2.32 bits per heavy atom. The molecule has 0 aliphatic carbocycles. The van der Waals surface area contributed by atoms with Crippen molar-refractivity contribution in [3.05, 3.63) is 77.2 Å². The molecule has 0 unspecified atom stereocenters. The van der Waals surface area contributed by atoms with E-state index in [0.717, 1.165) is 6.08 Å². The van der Waals surface area contributed by atoms with Gasteiger partial charge in [-0.15, -0.1) is 0 Å². The average molecular weight is 351 g/mol. The van der Waals surface area contributed by atoms with Crippen molar-refractivity contribution in [2.75, 3.05) is 12.4 Å². The Morgan fingerprint density at radius 2 is 1.76 bits per heavy atom. The Balaban J connectivity index is 2.10. The molecule has 0 spiro atoms. The van der Waals surface area contributed by atoms with Crippen LogP contribution in [-0.2, 0) is 6.54 Å². The lowest BCUT2D eigenvalue weighted by atomic mass is 10.1. The highest BCUT2D eigenvalue weighted by Crippen LogP contribution is 2.22. The lowest BCUT2D eigenvalue weighted by Gasteiger charge is -2.10. The summed E-state index contributed by atoms with van der Waals surface area (Å²) in [7, 11) is 1.39. The summed E-state index contributed by atoms with van der Waals surface area (Å²) in [5.74, 6) is -0.306. The van der Waals surface area contributed by atoms with E-state index in [2.05, 4.69) is 10.3 Å². The van der Waals surface area contributed by atoms with E-state index in [-0.39, 0.29) is 11.5 Å². The molecule has 0 saturated carbocycles. The summed E-state index contributed by atoms with van der Waals surface area (Å²) in [4.78, 5) is 3.84. The SMILES string of the molecule is CN=C(/C=C(\N)C(F)(F)F)c1ccc(NCc2ccccc2F)cc1. The highest BCUT2D eigenvalue weighted by Gasteiger charge is 2.31. The van der Waals surface area contributed by atoms with Gasteiger partial charge >= 0.3 is 6.18 Å². The molecule has 0 atom stereocenters. The zero-order chi connectivity index (χ0) is 18.4. The molecule has 2 aromatic carbocycles. The van der Waals surface area contributed by atoms with Crippen molar-refractivity contribution in [3.63, 3.8) is 0 Å². The van der Waals surface area contributed by atoms with Gasteiger partial charge in [0.15, 0.2) is 0 Å². The normalized spacial score (nSPS) is 13.0. The minimum absolute atomic E-state index is 0.121. The van der Waals surface area contributed by atoms with Crippen LogP contribution in [0.1, 0.15) is 11.1 Å². The fourth-order valence-electron chi connectivity index (χ4n) is 2.10. The molecule has 0 aliphatic heterocycles. The number of nitrogens with one attached hydrogen (secondary N) is 1. The van der Waals surface area contributed by atoms with Crippen LogP contribution < -0.4 is 11.1 Å². The summed E-state index contributed by atoms with van der Waals surface area (Å²) in [6, 6.07) is 13.0. The van der Waals surface area contributed by atoms with E-state index in [1.54, 1.807) is 42.5 Å². The number of aliphatic imine (C=N–C) groups is 1. The minimum atomic E-state index is -4.60. The number of nitrogens with zero attached hydrogens (tertiary/aromatic N) is 1. The van der Waals surface area contributed by atoms with Crippen molar-refractivity contribution in [3.8, 4) is 0 Å². The maximum Gasteiger partial charge on any atom is 0.430 e. The van der Waals surface area contributed by atoms with Gasteiger partial charge in [-0.1, -0.05) is 30.3 Å². The third-order valence-electron chi connectivity index (χ3n) is 3.48. The van der Waals surface area contributed by atoms with Crippen LogP contribution in [0.15, 0.2) is 65.3 Å². The van der Waals surface area contributed by atoms with Gasteiger partial charge in [0.05, 0.1) is 5.71 Å². The monoisotopic (exact) mass is 351 g/mol. The van der Waals surface area contributed by atoms with Crippen molar-refractivity contribution in [1.29, 1.82) is 0 Å². The fraction of sp³-hybridized carbons (Fsp3) is 0.167. The Morgan fingerprint density at radius 1 is 1.12 bits per heavy atom. The molecule has 0 aromatic heterocycles. The van der Waals surface area contributed by atoms with E-state index in [1.165, 1.54) is 13.1 Å². The maximum absolute atomic E-state index is 13.6. The molecule has 2 rings (SSSR count). The number of anilines is 1. The van der Waals surface area contributed by atoms with E-state index in [4.69, 9.17) is 5.73 Å². The standard InChI is InChI=1S/C18H17F4N3/c1-24-16(10-17(23)18(20,21)22)12-6-8-14(9-7-12)25-11-13-4-2-3-5-15(13)19/h2-10,25H,11,23H2,1H3/b17-10-,24-16?. The maximum atomic E-state index is 13.6. The fourth-order valence-corrected chi connectivity index (χ4v) is 2.10. The quantitative estimate of drug-likeness (QED) is 0.625. The van der Waals surface area contributed by atoms with Gasteiger partial charge in [0.1, 0.15) is 11.5 Å². The van der Waals surface area contributed by atoms with E-state index in [1.807, 2.05) is 0 Å². The Hall–Kier alpha value is -2.83. The molecule has 132 valence electrons. The van der Waals surface area contributed by atoms with Crippen molar-refractivity contribution in [1.82, 2.24) is 0 Å².